The normalized spacial score (nSPS) is 15.4. The second-order valence-electron chi connectivity index (χ2n) is 5.05. The second kappa shape index (κ2) is 6.37. The zero-order chi connectivity index (χ0) is 16.4. The number of nitrogens with zero attached hydrogens (tertiary/aromatic N) is 3. The Morgan fingerprint density at radius 2 is 2.12 bits per heavy atom. The number of thioether (sulfide) groups is 1. The summed E-state index contributed by atoms with van der Waals surface area (Å²) in [4.78, 5) is 4.51. The standard InChI is InChI=1S/C17H14N4O2S/c1-2-10-24-17-19-16-14(20-21-17)11-6-3-4-7-12(11)18-15(23-16)13-8-5-9-22-13/h2-9,15,18H,1,10H2/t15-/m0/s1. The van der Waals surface area contributed by atoms with E-state index in [1.165, 1.54) is 11.8 Å². The molecule has 0 aliphatic carbocycles. The Morgan fingerprint density at radius 1 is 1.21 bits per heavy atom. The van der Waals surface area contributed by atoms with Gasteiger partial charge in [-0.1, -0.05) is 36.0 Å². The van der Waals surface area contributed by atoms with Gasteiger partial charge in [-0.05, 0) is 18.2 Å². The molecule has 1 N–H and O–H groups in total. The summed E-state index contributed by atoms with van der Waals surface area (Å²) >= 11 is 1.45. The Hall–Kier alpha value is -2.80. The minimum Gasteiger partial charge on any atom is -0.463 e. The van der Waals surface area contributed by atoms with Gasteiger partial charge in [-0.3, -0.25) is 0 Å². The number of anilines is 1. The molecule has 1 aliphatic rings. The quantitative estimate of drug-likeness (QED) is 0.571. The van der Waals surface area contributed by atoms with E-state index < -0.39 is 6.23 Å². The molecule has 0 fully saturated rings. The van der Waals surface area contributed by atoms with Crippen LogP contribution in [0.4, 0.5) is 5.69 Å². The number of rotatable bonds is 4. The molecule has 3 heterocycles. The number of ether oxygens (including phenoxy) is 1. The lowest BCUT2D eigenvalue weighted by atomic mass is 10.1. The third kappa shape index (κ3) is 2.74. The monoisotopic (exact) mass is 338 g/mol. The molecule has 0 amide bonds. The van der Waals surface area contributed by atoms with Crippen LogP contribution in [0, 0.1) is 0 Å². The molecule has 0 bridgehead atoms. The fourth-order valence-corrected chi connectivity index (χ4v) is 2.92. The van der Waals surface area contributed by atoms with E-state index in [-0.39, 0.29) is 0 Å². The van der Waals surface area contributed by atoms with Gasteiger partial charge in [0.2, 0.25) is 17.3 Å². The Labute approximate surface area is 143 Å². The summed E-state index contributed by atoms with van der Waals surface area (Å²) < 4.78 is 11.5. The molecule has 0 unspecified atom stereocenters. The van der Waals surface area contributed by atoms with Gasteiger partial charge in [0, 0.05) is 17.0 Å². The summed E-state index contributed by atoms with van der Waals surface area (Å²) in [5.41, 5.74) is 2.39. The predicted molar refractivity (Wildman–Crippen MR) is 91.9 cm³/mol. The van der Waals surface area contributed by atoms with Crippen LogP contribution >= 0.6 is 11.8 Å². The van der Waals surface area contributed by atoms with E-state index >= 15 is 0 Å². The third-order valence-corrected chi connectivity index (χ3v) is 4.30. The van der Waals surface area contributed by atoms with Gasteiger partial charge in [0.25, 0.3) is 0 Å². The summed E-state index contributed by atoms with van der Waals surface area (Å²) in [6.07, 6.45) is 2.92. The van der Waals surface area contributed by atoms with E-state index in [1.807, 2.05) is 36.4 Å². The van der Waals surface area contributed by atoms with Gasteiger partial charge < -0.3 is 14.5 Å². The third-order valence-electron chi connectivity index (χ3n) is 3.47. The lowest BCUT2D eigenvalue weighted by Crippen LogP contribution is -2.16. The first-order chi connectivity index (χ1) is 11.8. The van der Waals surface area contributed by atoms with Gasteiger partial charge in [0.1, 0.15) is 0 Å². The number of fused-ring (bicyclic) bond motifs is 3. The molecular weight excluding hydrogens is 324 g/mol. The van der Waals surface area contributed by atoms with Gasteiger partial charge in [-0.2, -0.15) is 4.98 Å². The summed E-state index contributed by atoms with van der Waals surface area (Å²) in [6.45, 7) is 3.70. The highest BCUT2D eigenvalue weighted by atomic mass is 32.2. The Bertz CT molecular complexity index is 867. The Balaban J connectivity index is 1.80. The van der Waals surface area contributed by atoms with Crippen LogP contribution in [0.1, 0.15) is 12.0 Å². The van der Waals surface area contributed by atoms with Crippen LogP contribution in [0.2, 0.25) is 0 Å². The second-order valence-corrected chi connectivity index (χ2v) is 6.04. The molecular formula is C17H14N4O2S. The van der Waals surface area contributed by atoms with Crippen molar-refractivity contribution in [3.63, 3.8) is 0 Å². The van der Waals surface area contributed by atoms with E-state index in [9.17, 15) is 0 Å². The lowest BCUT2D eigenvalue weighted by molar-refractivity contribution is 0.195. The molecule has 1 aromatic carbocycles. The average Bonchev–Trinajstić information content (AvgIpc) is 3.09. The highest BCUT2D eigenvalue weighted by molar-refractivity contribution is 7.99. The van der Waals surface area contributed by atoms with E-state index in [1.54, 1.807) is 12.3 Å². The molecule has 0 radical (unpaired) electrons. The predicted octanol–water partition coefficient (Wildman–Crippen LogP) is 3.91. The molecule has 0 spiro atoms. The Morgan fingerprint density at radius 3 is 2.96 bits per heavy atom. The van der Waals surface area contributed by atoms with Crippen molar-refractivity contribution in [2.45, 2.75) is 11.4 Å². The molecule has 120 valence electrons. The van der Waals surface area contributed by atoms with Gasteiger partial charge >= 0.3 is 0 Å². The number of benzene rings is 1. The number of para-hydroxylation sites is 1. The van der Waals surface area contributed by atoms with Gasteiger partial charge in [0.15, 0.2) is 11.5 Å². The van der Waals surface area contributed by atoms with Gasteiger partial charge in [0.05, 0.1) is 6.26 Å². The first kappa shape index (κ1) is 14.8. The van der Waals surface area contributed by atoms with Crippen molar-refractivity contribution in [1.82, 2.24) is 15.2 Å². The molecule has 1 aliphatic heterocycles. The minimum absolute atomic E-state index is 0.426. The van der Waals surface area contributed by atoms with Crippen LogP contribution in [0.5, 0.6) is 5.88 Å². The van der Waals surface area contributed by atoms with Crippen molar-refractivity contribution in [3.8, 4) is 17.1 Å². The maximum atomic E-state index is 6.05. The highest BCUT2D eigenvalue weighted by Crippen LogP contribution is 2.39. The van der Waals surface area contributed by atoms with E-state index in [2.05, 4.69) is 27.1 Å². The first-order valence-corrected chi connectivity index (χ1v) is 8.38. The number of nitrogens with one attached hydrogen (secondary N) is 1. The molecule has 3 aromatic rings. The fourth-order valence-electron chi connectivity index (χ4n) is 2.41. The van der Waals surface area contributed by atoms with E-state index in [4.69, 9.17) is 9.15 Å². The van der Waals surface area contributed by atoms with Crippen LogP contribution in [0.25, 0.3) is 11.3 Å². The summed E-state index contributed by atoms with van der Waals surface area (Å²) in [5, 5.41) is 12.4. The number of furan rings is 1. The lowest BCUT2D eigenvalue weighted by Gasteiger charge is -2.16. The first-order valence-electron chi connectivity index (χ1n) is 7.39. The average molecular weight is 338 g/mol. The molecule has 2 aromatic heterocycles. The topological polar surface area (TPSA) is 73.1 Å². The van der Waals surface area contributed by atoms with E-state index in [0.717, 1.165) is 11.3 Å². The minimum atomic E-state index is -0.489. The maximum absolute atomic E-state index is 6.05. The number of hydrogen-bond donors (Lipinski definition) is 1. The van der Waals surface area contributed by atoms with Crippen LogP contribution in [-0.2, 0) is 0 Å². The van der Waals surface area contributed by atoms with Crippen molar-refractivity contribution < 1.29 is 9.15 Å². The smallest absolute Gasteiger partial charge is 0.247 e. The maximum Gasteiger partial charge on any atom is 0.247 e. The molecule has 7 heteroatoms. The molecule has 6 nitrogen and oxygen atoms in total. The van der Waals surface area contributed by atoms with Gasteiger partial charge in [-0.25, -0.2) is 0 Å². The number of aromatic nitrogens is 3. The molecule has 0 saturated heterocycles. The van der Waals surface area contributed by atoms with Crippen molar-refractivity contribution >= 4 is 17.4 Å². The molecule has 0 saturated carbocycles. The number of hydrogen-bond acceptors (Lipinski definition) is 7. The van der Waals surface area contributed by atoms with Crippen molar-refractivity contribution in [2.75, 3.05) is 11.1 Å². The largest absolute Gasteiger partial charge is 0.463 e. The molecule has 4 rings (SSSR count). The van der Waals surface area contributed by atoms with Crippen molar-refractivity contribution in [2.24, 2.45) is 0 Å². The highest BCUT2D eigenvalue weighted by Gasteiger charge is 2.27. The van der Waals surface area contributed by atoms with Crippen molar-refractivity contribution in [1.29, 1.82) is 0 Å². The molecule has 1 atom stereocenters. The van der Waals surface area contributed by atoms with Crippen LogP contribution in [-0.4, -0.2) is 20.9 Å². The van der Waals surface area contributed by atoms with Gasteiger partial charge in [-0.15, -0.1) is 16.8 Å². The zero-order valence-corrected chi connectivity index (χ0v) is 13.5. The summed E-state index contributed by atoms with van der Waals surface area (Å²) in [5.74, 6) is 1.80. The molecule has 24 heavy (non-hydrogen) atoms. The van der Waals surface area contributed by atoms with Crippen molar-refractivity contribution in [3.05, 3.63) is 61.1 Å². The van der Waals surface area contributed by atoms with E-state index in [0.29, 0.717) is 28.2 Å². The van der Waals surface area contributed by atoms with Crippen LogP contribution < -0.4 is 10.1 Å². The summed E-state index contributed by atoms with van der Waals surface area (Å²) in [6, 6.07) is 11.5. The zero-order valence-electron chi connectivity index (χ0n) is 12.7. The van der Waals surface area contributed by atoms with Crippen LogP contribution in [0.3, 0.4) is 0 Å². The summed E-state index contributed by atoms with van der Waals surface area (Å²) in [7, 11) is 0. The SMILES string of the molecule is C=CCSc1nnc2c(n1)O[C@@H](c1ccco1)Nc1ccccc1-2. The fraction of sp³-hybridized carbons (Fsp3) is 0.118. The van der Waals surface area contributed by atoms with Crippen LogP contribution in [0.15, 0.2) is 64.9 Å². The Kier molecular flexibility index (Phi) is 3.92.